The van der Waals surface area contributed by atoms with E-state index in [-0.39, 0.29) is 0 Å². The van der Waals surface area contributed by atoms with E-state index in [1.54, 1.807) is 0 Å². The highest BCUT2D eigenvalue weighted by Gasteiger charge is 2.18. The molecular formula is C22H29N3. The summed E-state index contributed by atoms with van der Waals surface area (Å²) in [6.45, 7) is 4.75. The molecule has 0 aliphatic carbocycles. The summed E-state index contributed by atoms with van der Waals surface area (Å²) in [5.74, 6) is 0. The van der Waals surface area contributed by atoms with E-state index in [1.165, 1.54) is 81.8 Å². The van der Waals surface area contributed by atoms with Crippen LogP contribution in [0.1, 0.15) is 38.5 Å². The van der Waals surface area contributed by atoms with Crippen molar-refractivity contribution in [3.63, 3.8) is 0 Å². The highest BCUT2D eigenvalue weighted by atomic mass is 15.2. The van der Waals surface area contributed by atoms with E-state index in [0.717, 1.165) is 5.69 Å². The fraction of sp³-hybridized carbons (Fsp3) is 0.455. The predicted molar refractivity (Wildman–Crippen MR) is 108 cm³/mol. The third-order valence-corrected chi connectivity index (χ3v) is 5.45. The maximum atomic E-state index is 3.64. The summed E-state index contributed by atoms with van der Waals surface area (Å²) in [5, 5.41) is 3.64. The van der Waals surface area contributed by atoms with Crippen molar-refractivity contribution in [3.05, 3.63) is 48.5 Å². The summed E-state index contributed by atoms with van der Waals surface area (Å²) in [6, 6.07) is 17.5. The van der Waals surface area contributed by atoms with E-state index in [2.05, 4.69) is 63.6 Å². The van der Waals surface area contributed by atoms with Gasteiger partial charge in [-0.3, -0.25) is 0 Å². The fourth-order valence-corrected chi connectivity index (χ4v) is 4.05. The van der Waals surface area contributed by atoms with Crippen molar-refractivity contribution in [3.8, 4) is 0 Å². The summed E-state index contributed by atoms with van der Waals surface area (Å²) < 4.78 is 0. The van der Waals surface area contributed by atoms with Gasteiger partial charge in [0.05, 0.1) is 11.4 Å². The van der Waals surface area contributed by atoms with Crippen LogP contribution in [0.15, 0.2) is 48.5 Å². The van der Waals surface area contributed by atoms with Gasteiger partial charge >= 0.3 is 0 Å². The van der Waals surface area contributed by atoms with Crippen LogP contribution in [0.5, 0.6) is 0 Å². The van der Waals surface area contributed by atoms with Crippen molar-refractivity contribution in [1.29, 1.82) is 0 Å². The van der Waals surface area contributed by atoms with E-state index in [0.29, 0.717) is 0 Å². The number of anilines is 4. The SMILES string of the molecule is c1ccc(Nc2ccc(N3CCCCC3)cc2N2CCCCC2)cc1. The minimum absolute atomic E-state index is 1.16. The first-order valence-electron chi connectivity index (χ1n) is 9.86. The Morgan fingerprint density at radius 3 is 1.96 bits per heavy atom. The molecule has 1 N–H and O–H groups in total. The van der Waals surface area contributed by atoms with Crippen molar-refractivity contribution in [1.82, 2.24) is 0 Å². The molecule has 25 heavy (non-hydrogen) atoms. The average molecular weight is 335 g/mol. The first kappa shape index (κ1) is 16.3. The van der Waals surface area contributed by atoms with Gasteiger partial charge in [0.2, 0.25) is 0 Å². The third kappa shape index (κ3) is 3.92. The fourth-order valence-electron chi connectivity index (χ4n) is 4.05. The summed E-state index contributed by atoms with van der Waals surface area (Å²) in [7, 11) is 0. The molecule has 0 spiro atoms. The lowest BCUT2D eigenvalue weighted by molar-refractivity contribution is 0.573. The quantitative estimate of drug-likeness (QED) is 0.806. The first-order chi connectivity index (χ1) is 12.4. The standard InChI is InChI=1S/C22H29N3/c1-4-10-19(11-5-1)23-21-13-12-20(24-14-6-2-7-15-24)18-22(21)25-16-8-3-9-17-25/h1,4-5,10-13,18,23H,2-3,6-9,14-17H2. The van der Waals surface area contributed by atoms with Gasteiger partial charge in [-0.15, -0.1) is 0 Å². The third-order valence-electron chi connectivity index (χ3n) is 5.45. The minimum Gasteiger partial charge on any atom is -0.371 e. The topological polar surface area (TPSA) is 18.5 Å². The van der Waals surface area contributed by atoms with Gasteiger partial charge in [0, 0.05) is 37.6 Å². The Labute approximate surface area is 151 Å². The molecule has 132 valence electrons. The largest absolute Gasteiger partial charge is 0.371 e. The number of para-hydroxylation sites is 1. The number of hydrogen-bond donors (Lipinski definition) is 1. The lowest BCUT2D eigenvalue weighted by atomic mass is 10.1. The predicted octanol–water partition coefficient (Wildman–Crippen LogP) is 5.41. The van der Waals surface area contributed by atoms with Gasteiger partial charge in [-0.2, -0.15) is 0 Å². The van der Waals surface area contributed by atoms with Gasteiger partial charge in [0.1, 0.15) is 0 Å². The van der Waals surface area contributed by atoms with Gasteiger partial charge < -0.3 is 15.1 Å². The molecule has 2 aromatic carbocycles. The average Bonchev–Trinajstić information content (AvgIpc) is 2.70. The second-order valence-electron chi connectivity index (χ2n) is 7.29. The molecule has 2 aliphatic heterocycles. The van der Waals surface area contributed by atoms with Crippen molar-refractivity contribution < 1.29 is 0 Å². The van der Waals surface area contributed by atoms with Gasteiger partial charge in [0.15, 0.2) is 0 Å². The van der Waals surface area contributed by atoms with E-state index in [1.807, 2.05) is 0 Å². The molecule has 0 saturated carbocycles. The zero-order chi connectivity index (χ0) is 16.9. The number of rotatable bonds is 4. The molecule has 0 unspecified atom stereocenters. The highest BCUT2D eigenvalue weighted by molar-refractivity contribution is 5.79. The van der Waals surface area contributed by atoms with Crippen LogP contribution in [0.3, 0.4) is 0 Å². The molecule has 3 heteroatoms. The molecule has 2 fully saturated rings. The Kier molecular flexibility index (Phi) is 5.10. The molecule has 0 radical (unpaired) electrons. The van der Waals surface area contributed by atoms with E-state index in [4.69, 9.17) is 0 Å². The van der Waals surface area contributed by atoms with Gasteiger partial charge in [-0.05, 0) is 68.9 Å². The number of piperidine rings is 2. The number of nitrogens with zero attached hydrogens (tertiary/aromatic N) is 2. The van der Waals surface area contributed by atoms with Crippen LogP contribution in [0.25, 0.3) is 0 Å². The summed E-state index contributed by atoms with van der Waals surface area (Å²) >= 11 is 0. The monoisotopic (exact) mass is 335 g/mol. The summed E-state index contributed by atoms with van der Waals surface area (Å²) in [4.78, 5) is 5.13. The smallest absolute Gasteiger partial charge is 0.0626 e. The van der Waals surface area contributed by atoms with Crippen LogP contribution in [0.2, 0.25) is 0 Å². The lowest BCUT2D eigenvalue weighted by Crippen LogP contribution is -2.32. The molecule has 0 atom stereocenters. The van der Waals surface area contributed by atoms with E-state index < -0.39 is 0 Å². The first-order valence-corrected chi connectivity index (χ1v) is 9.86. The van der Waals surface area contributed by atoms with Crippen LogP contribution >= 0.6 is 0 Å². The van der Waals surface area contributed by atoms with Crippen LogP contribution < -0.4 is 15.1 Å². The zero-order valence-corrected chi connectivity index (χ0v) is 15.1. The molecule has 0 bridgehead atoms. The van der Waals surface area contributed by atoms with Crippen LogP contribution in [0, 0.1) is 0 Å². The van der Waals surface area contributed by atoms with Crippen LogP contribution in [-0.2, 0) is 0 Å². The number of benzene rings is 2. The molecule has 0 aromatic heterocycles. The maximum Gasteiger partial charge on any atom is 0.0626 e. The molecule has 0 amide bonds. The zero-order valence-electron chi connectivity index (χ0n) is 15.1. The van der Waals surface area contributed by atoms with Crippen molar-refractivity contribution in [2.24, 2.45) is 0 Å². The molecular weight excluding hydrogens is 306 g/mol. The van der Waals surface area contributed by atoms with Crippen molar-refractivity contribution >= 4 is 22.7 Å². The van der Waals surface area contributed by atoms with E-state index >= 15 is 0 Å². The van der Waals surface area contributed by atoms with Gasteiger partial charge in [-0.25, -0.2) is 0 Å². The normalized spacial score (nSPS) is 18.2. The summed E-state index contributed by atoms with van der Waals surface area (Å²) in [6.07, 6.45) is 8.00. The van der Waals surface area contributed by atoms with Crippen molar-refractivity contribution in [2.75, 3.05) is 41.3 Å². The van der Waals surface area contributed by atoms with Crippen molar-refractivity contribution in [2.45, 2.75) is 38.5 Å². The highest BCUT2D eigenvalue weighted by Crippen LogP contribution is 2.35. The summed E-state index contributed by atoms with van der Waals surface area (Å²) in [5.41, 5.74) is 5.14. The second kappa shape index (κ2) is 7.81. The second-order valence-corrected chi connectivity index (χ2v) is 7.29. The Bertz CT molecular complexity index is 671. The molecule has 2 aliphatic rings. The molecule has 4 rings (SSSR count). The van der Waals surface area contributed by atoms with Gasteiger partial charge in [-0.1, -0.05) is 18.2 Å². The number of nitrogens with one attached hydrogen (secondary N) is 1. The minimum atomic E-state index is 1.16. The molecule has 3 nitrogen and oxygen atoms in total. The molecule has 2 saturated heterocycles. The van der Waals surface area contributed by atoms with Gasteiger partial charge in [0.25, 0.3) is 0 Å². The number of hydrogen-bond acceptors (Lipinski definition) is 3. The maximum absolute atomic E-state index is 3.64. The Morgan fingerprint density at radius 2 is 1.28 bits per heavy atom. The molecule has 2 aromatic rings. The van der Waals surface area contributed by atoms with Crippen LogP contribution in [0.4, 0.5) is 22.7 Å². The Morgan fingerprint density at radius 1 is 0.640 bits per heavy atom. The van der Waals surface area contributed by atoms with E-state index in [9.17, 15) is 0 Å². The lowest BCUT2D eigenvalue weighted by Gasteiger charge is -2.34. The van der Waals surface area contributed by atoms with Crippen LogP contribution in [-0.4, -0.2) is 26.2 Å². The Balaban J connectivity index is 1.64. The molecule has 2 heterocycles. The Hall–Kier alpha value is -2.16.